The van der Waals surface area contributed by atoms with Crippen molar-refractivity contribution in [3.8, 4) is 17.2 Å². The quantitative estimate of drug-likeness (QED) is 0.751. The van der Waals surface area contributed by atoms with Crippen molar-refractivity contribution in [2.45, 2.75) is 38.4 Å². The number of fused-ring (bicyclic) bond motifs is 1. The molecule has 1 aliphatic carbocycles. The second-order valence-electron chi connectivity index (χ2n) is 7.20. The van der Waals surface area contributed by atoms with Crippen molar-refractivity contribution in [1.82, 2.24) is 15.0 Å². The number of amides is 1. The fourth-order valence-electron chi connectivity index (χ4n) is 3.75. The van der Waals surface area contributed by atoms with Crippen LogP contribution in [0.2, 0.25) is 0 Å². The summed E-state index contributed by atoms with van der Waals surface area (Å²) >= 11 is 0. The number of hydrogen-bond acceptors (Lipinski definition) is 5. The van der Waals surface area contributed by atoms with Crippen LogP contribution < -0.4 is 14.8 Å². The molecule has 0 radical (unpaired) electrons. The fourth-order valence-corrected chi connectivity index (χ4v) is 3.75. The average Bonchev–Trinajstić information content (AvgIpc) is 3.41. The number of para-hydroxylation sites is 1. The third kappa shape index (κ3) is 2.89. The maximum absolute atomic E-state index is 12.7. The number of carbonyl (C=O) groups excluding carboxylic acids is 1. The molecule has 0 unspecified atom stereocenters. The molecule has 0 atom stereocenters. The molecule has 1 spiro atoms. The number of benzene rings is 2. The molecule has 2 aliphatic rings. The SMILES string of the molecule is Cc1nn(-c2ccccc2)nc1C(=O)Nc1ccc2c(c1)OC1(CCCC1)O2. The van der Waals surface area contributed by atoms with Crippen molar-refractivity contribution in [1.29, 1.82) is 0 Å². The number of rotatable bonds is 3. The first-order chi connectivity index (χ1) is 13.6. The van der Waals surface area contributed by atoms with Crippen LogP contribution in [0, 0.1) is 6.92 Å². The highest BCUT2D eigenvalue weighted by Gasteiger charge is 2.44. The standard InChI is InChI=1S/C21H20N4O3/c1-14-19(24-25(23-14)16-7-3-2-4-8-16)20(26)22-15-9-10-17-18(13-15)28-21(27-17)11-5-6-12-21/h2-4,7-10,13H,5-6,11-12H2,1H3,(H,22,26). The predicted molar refractivity (Wildman–Crippen MR) is 103 cm³/mol. The molecular weight excluding hydrogens is 356 g/mol. The molecule has 1 amide bonds. The Bertz CT molecular complexity index is 1040. The van der Waals surface area contributed by atoms with Crippen molar-refractivity contribution in [2.75, 3.05) is 5.32 Å². The molecule has 2 heterocycles. The molecular formula is C21H20N4O3. The summed E-state index contributed by atoms with van der Waals surface area (Å²) in [5, 5.41) is 11.6. The van der Waals surface area contributed by atoms with Crippen LogP contribution in [0.5, 0.6) is 11.5 Å². The van der Waals surface area contributed by atoms with Crippen molar-refractivity contribution in [3.63, 3.8) is 0 Å². The second-order valence-corrected chi connectivity index (χ2v) is 7.20. The van der Waals surface area contributed by atoms with E-state index in [0.717, 1.165) is 37.1 Å². The van der Waals surface area contributed by atoms with E-state index in [1.54, 1.807) is 13.0 Å². The number of aryl methyl sites for hydroxylation is 1. The van der Waals surface area contributed by atoms with Crippen LogP contribution in [0.3, 0.4) is 0 Å². The van der Waals surface area contributed by atoms with Gasteiger partial charge in [0.05, 0.1) is 11.4 Å². The van der Waals surface area contributed by atoms with Crippen LogP contribution in [0.25, 0.3) is 5.69 Å². The Morgan fingerprint density at radius 2 is 1.79 bits per heavy atom. The number of hydrogen-bond donors (Lipinski definition) is 1. The minimum Gasteiger partial charge on any atom is -0.448 e. The molecule has 1 N–H and O–H groups in total. The van der Waals surface area contributed by atoms with Crippen LogP contribution in [0.1, 0.15) is 41.9 Å². The van der Waals surface area contributed by atoms with E-state index in [4.69, 9.17) is 9.47 Å². The van der Waals surface area contributed by atoms with Crippen LogP contribution >= 0.6 is 0 Å². The summed E-state index contributed by atoms with van der Waals surface area (Å²) in [6.45, 7) is 1.77. The molecule has 3 aromatic rings. The molecule has 1 saturated carbocycles. The van der Waals surface area contributed by atoms with Crippen molar-refractivity contribution in [2.24, 2.45) is 0 Å². The van der Waals surface area contributed by atoms with Crippen molar-refractivity contribution < 1.29 is 14.3 Å². The Morgan fingerprint density at radius 1 is 1.04 bits per heavy atom. The third-order valence-corrected chi connectivity index (χ3v) is 5.14. The van der Waals surface area contributed by atoms with Crippen molar-refractivity contribution in [3.05, 3.63) is 59.9 Å². The smallest absolute Gasteiger partial charge is 0.278 e. The van der Waals surface area contributed by atoms with Crippen LogP contribution in [0.4, 0.5) is 5.69 Å². The van der Waals surface area contributed by atoms with Crippen LogP contribution in [-0.2, 0) is 0 Å². The van der Waals surface area contributed by atoms with E-state index < -0.39 is 5.79 Å². The molecule has 7 heteroatoms. The first kappa shape index (κ1) is 16.8. The van der Waals surface area contributed by atoms with E-state index in [9.17, 15) is 4.79 Å². The summed E-state index contributed by atoms with van der Waals surface area (Å²) in [4.78, 5) is 14.2. The van der Waals surface area contributed by atoms with Gasteiger partial charge in [0.25, 0.3) is 11.7 Å². The first-order valence-electron chi connectivity index (χ1n) is 9.45. The van der Waals surface area contributed by atoms with Gasteiger partial charge in [-0.2, -0.15) is 9.90 Å². The molecule has 2 aromatic carbocycles. The average molecular weight is 376 g/mol. The molecule has 1 aromatic heterocycles. The minimum atomic E-state index is -0.514. The maximum atomic E-state index is 12.7. The van der Waals surface area contributed by atoms with Gasteiger partial charge in [0.2, 0.25) is 0 Å². The van der Waals surface area contributed by atoms with E-state index in [2.05, 4.69) is 15.5 Å². The summed E-state index contributed by atoms with van der Waals surface area (Å²) in [5.41, 5.74) is 2.28. The molecule has 5 rings (SSSR count). The van der Waals surface area contributed by atoms with Crippen molar-refractivity contribution >= 4 is 11.6 Å². The van der Waals surface area contributed by atoms with Crippen LogP contribution in [-0.4, -0.2) is 26.7 Å². The number of nitrogens with zero attached hydrogens (tertiary/aromatic N) is 3. The first-order valence-corrected chi connectivity index (χ1v) is 9.45. The van der Waals surface area contributed by atoms with Gasteiger partial charge in [-0.15, -0.1) is 5.10 Å². The Labute approximate surface area is 162 Å². The number of ether oxygens (including phenoxy) is 2. The number of aromatic nitrogens is 3. The lowest BCUT2D eigenvalue weighted by molar-refractivity contribution is -0.0716. The lowest BCUT2D eigenvalue weighted by Gasteiger charge is -2.21. The predicted octanol–water partition coefficient (Wildman–Crippen LogP) is 3.87. The van der Waals surface area contributed by atoms with E-state index in [1.165, 1.54) is 4.80 Å². The van der Waals surface area contributed by atoms with Gasteiger partial charge in [0.1, 0.15) is 0 Å². The highest BCUT2D eigenvalue weighted by Crippen LogP contribution is 2.47. The largest absolute Gasteiger partial charge is 0.448 e. The van der Waals surface area contributed by atoms with E-state index in [1.807, 2.05) is 42.5 Å². The summed E-state index contributed by atoms with van der Waals surface area (Å²) < 4.78 is 12.1. The van der Waals surface area contributed by atoms with E-state index in [0.29, 0.717) is 17.1 Å². The van der Waals surface area contributed by atoms with E-state index >= 15 is 0 Å². The van der Waals surface area contributed by atoms with Crippen LogP contribution in [0.15, 0.2) is 48.5 Å². The highest BCUT2D eigenvalue weighted by molar-refractivity contribution is 6.03. The lowest BCUT2D eigenvalue weighted by Crippen LogP contribution is -2.34. The Kier molecular flexibility index (Phi) is 3.82. The molecule has 7 nitrogen and oxygen atoms in total. The summed E-state index contributed by atoms with van der Waals surface area (Å²) in [6, 6.07) is 14.9. The van der Waals surface area contributed by atoms with Gasteiger partial charge in [-0.05, 0) is 44.0 Å². The Hall–Kier alpha value is -3.35. The summed E-state index contributed by atoms with van der Waals surface area (Å²) in [5.74, 6) is 0.574. The van der Waals surface area contributed by atoms with Gasteiger partial charge in [0, 0.05) is 24.6 Å². The molecule has 142 valence electrons. The third-order valence-electron chi connectivity index (χ3n) is 5.14. The number of nitrogens with one attached hydrogen (secondary N) is 1. The van der Waals surface area contributed by atoms with E-state index in [-0.39, 0.29) is 11.6 Å². The second kappa shape index (κ2) is 6.37. The van der Waals surface area contributed by atoms with Gasteiger partial charge < -0.3 is 14.8 Å². The number of carbonyl (C=O) groups is 1. The molecule has 28 heavy (non-hydrogen) atoms. The fraction of sp³-hybridized carbons (Fsp3) is 0.286. The molecule has 0 saturated heterocycles. The Morgan fingerprint density at radius 3 is 2.57 bits per heavy atom. The molecule has 1 fully saturated rings. The number of anilines is 1. The van der Waals surface area contributed by atoms with Gasteiger partial charge in [-0.25, -0.2) is 0 Å². The molecule has 0 bridgehead atoms. The van der Waals surface area contributed by atoms with Gasteiger partial charge >= 0.3 is 0 Å². The topological polar surface area (TPSA) is 78.3 Å². The summed E-state index contributed by atoms with van der Waals surface area (Å²) in [7, 11) is 0. The monoisotopic (exact) mass is 376 g/mol. The van der Waals surface area contributed by atoms with Gasteiger partial charge in [0.15, 0.2) is 17.2 Å². The summed E-state index contributed by atoms with van der Waals surface area (Å²) in [6.07, 6.45) is 4.00. The zero-order chi connectivity index (χ0) is 19.1. The van der Waals surface area contributed by atoms with Gasteiger partial charge in [-0.3, -0.25) is 4.79 Å². The Balaban J connectivity index is 1.35. The zero-order valence-electron chi connectivity index (χ0n) is 15.5. The normalized spacial score (nSPS) is 16.5. The lowest BCUT2D eigenvalue weighted by atomic mass is 10.2. The minimum absolute atomic E-state index is 0.286. The highest BCUT2D eigenvalue weighted by atomic mass is 16.7. The molecule has 1 aliphatic heterocycles. The zero-order valence-corrected chi connectivity index (χ0v) is 15.5. The van der Waals surface area contributed by atoms with Gasteiger partial charge in [-0.1, -0.05) is 18.2 Å². The maximum Gasteiger partial charge on any atom is 0.278 e.